The zero-order valence-corrected chi connectivity index (χ0v) is 21.2. The van der Waals surface area contributed by atoms with Crippen LogP contribution in [0.3, 0.4) is 0 Å². The number of hydrogen-bond acceptors (Lipinski definition) is 7. The van der Waals surface area contributed by atoms with Gasteiger partial charge in [0.2, 0.25) is 5.52 Å². The van der Waals surface area contributed by atoms with Crippen LogP contribution in [0.2, 0.25) is 0 Å². The highest BCUT2D eigenvalue weighted by Crippen LogP contribution is 2.30. The largest absolute Gasteiger partial charge is 0.497 e. The van der Waals surface area contributed by atoms with Crippen LogP contribution in [0.15, 0.2) is 29.1 Å². The van der Waals surface area contributed by atoms with Crippen molar-refractivity contribution in [2.24, 2.45) is 0 Å². The molecule has 2 amide bonds. The molecule has 0 unspecified atom stereocenters. The molecule has 1 aliphatic rings. The highest BCUT2D eigenvalue weighted by Gasteiger charge is 2.35. The maximum absolute atomic E-state index is 13.0. The zero-order chi connectivity index (χ0) is 23.7. The Morgan fingerprint density at radius 2 is 1.88 bits per heavy atom. The van der Waals surface area contributed by atoms with Gasteiger partial charge in [-0.15, -0.1) is 11.3 Å². The van der Waals surface area contributed by atoms with Crippen LogP contribution in [0, 0.1) is 0 Å². The van der Waals surface area contributed by atoms with Gasteiger partial charge in [-0.25, -0.2) is 0 Å². The fraction of sp³-hybridized carbons (Fsp3) is 0.304. The summed E-state index contributed by atoms with van der Waals surface area (Å²) >= 11 is 3.81. The molecule has 1 aromatic carbocycles. The summed E-state index contributed by atoms with van der Waals surface area (Å²) in [6.07, 6.45) is 5.63. The van der Waals surface area contributed by atoms with Crippen LogP contribution in [-0.4, -0.2) is 34.3 Å². The molecule has 0 aliphatic carbocycles. The molecule has 3 heterocycles. The van der Waals surface area contributed by atoms with Gasteiger partial charge in [-0.3, -0.25) is 23.9 Å². The third-order valence-corrected chi connectivity index (χ3v) is 8.68. The number of thiazole rings is 2. The van der Waals surface area contributed by atoms with Crippen LogP contribution >= 0.6 is 34.4 Å². The molecule has 0 saturated carbocycles. The van der Waals surface area contributed by atoms with Gasteiger partial charge in [0, 0.05) is 31.3 Å². The first-order valence-electron chi connectivity index (χ1n) is 10.6. The Morgan fingerprint density at radius 1 is 1.09 bits per heavy atom. The first-order valence-corrected chi connectivity index (χ1v) is 13.0. The molecule has 33 heavy (non-hydrogen) atoms. The Labute approximate surface area is 202 Å². The summed E-state index contributed by atoms with van der Waals surface area (Å²) in [4.78, 5) is 39.3. The highest BCUT2D eigenvalue weighted by molar-refractivity contribution is 8.23. The van der Waals surface area contributed by atoms with E-state index in [1.54, 1.807) is 36.0 Å². The summed E-state index contributed by atoms with van der Waals surface area (Å²) in [5, 5.41) is 0.765. The fourth-order valence-corrected chi connectivity index (χ4v) is 7.03. The van der Waals surface area contributed by atoms with Crippen molar-refractivity contribution in [3.63, 3.8) is 0 Å². The van der Waals surface area contributed by atoms with Crippen molar-refractivity contribution in [2.45, 2.75) is 33.9 Å². The average Bonchev–Trinajstić information content (AvgIpc) is 3.43. The Balaban J connectivity index is 1.78. The van der Waals surface area contributed by atoms with Crippen molar-refractivity contribution in [3.05, 3.63) is 48.8 Å². The van der Waals surface area contributed by atoms with E-state index in [1.807, 2.05) is 31.2 Å². The number of carbonyl (C=O) groups excluding carboxylic acids is 2. The maximum atomic E-state index is 13.0. The summed E-state index contributed by atoms with van der Waals surface area (Å²) in [6.45, 7) is 7.27. The number of aromatic nitrogens is 2. The number of benzene rings is 1. The third kappa shape index (κ3) is 4.18. The van der Waals surface area contributed by atoms with Crippen LogP contribution < -0.4 is 24.1 Å². The Hall–Kier alpha value is -2.69. The van der Waals surface area contributed by atoms with Gasteiger partial charge in [-0.1, -0.05) is 17.4 Å². The molecule has 172 valence electrons. The Bertz CT molecular complexity index is 1460. The SMILES string of the molecule is CCN1C(=O)S/C(=c2\s/c(=C\C=C\c3sc4cc(OC)ccc4[n+]3CC)c(=O)n2CC)C1=O. The fourth-order valence-electron chi connectivity index (χ4n) is 3.67. The van der Waals surface area contributed by atoms with Crippen LogP contribution in [-0.2, 0) is 17.9 Å². The molecule has 1 fully saturated rings. The number of nitrogens with zero attached hydrogens (tertiary/aromatic N) is 3. The summed E-state index contributed by atoms with van der Waals surface area (Å²) in [7, 11) is 1.66. The predicted octanol–water partition coefficient (Wildman–Crippen LogP) is 2.78. The minimum Gasteiger partial charge on any atom is -0.497 e. The summed E-state index contributed by atoms with van der Waals surface area (Å²) in [5.74, 6) is 0.486. The maximum Gasteiger partial charge on any atom is 0.293 e. The second-order valence-electron chi connectivity index (χ2n) is 7.11. The zero-order valence-electron chi connectivity index (χ0n) is 18.8. The minimum atomic E-state index is -0.331. The summed E-state index contributed by atoms with van der Waals surface area (Å²) in [5.41, 5.74) is 0.975. The van der Waals surface area contributed by atoms with E-state index in [0.29, 0.717) is 27.2 Å². The van der Waals surface area contributed by atoms with Gasteiger partial charge < -0.3 is 4.74 Å². The molecule has 7 nitrogen and oxygen atoms in total. The van der Waals surface area contributed by atoms with Crippen molar-refractivity contribution >= 4 is 72.9 Å². The third-order valence-electron chi connectivity index (χ3n) is 5.32. The Morgan fingerprint density at radius 3 is 2.52 bits per heavy atom. The second-order valence-corrected chi connectivity index (χ2v) is 10.2. The standard InChI is InChI=1S/C23H24N3O4S3/c1-5-24-15-12-11-14(30-4)13-17(15)31-18(24)10-8-9-16-20(27)25(6-2)22(32-16)19-21(28)26(7-3)23(29)33-19/h8-13H,5-7H2,1-4H3/q+1/b10-8+,16-9-,22-19-. The average molecular weight is 503 g/mol. The summed E-state index contributed by atoms with van der Waals surface area (Å²) < 4.78 is 11.3. The molecule has 1 aliphatic heterocycles. The van der Waals surface area contributed by atoms with E-state index in [2.05, 4.69) is 17.6 Å². The van der Waals surface area contributed by atoms with E-state index in [4.69, 9.17) is 4.74 Å². The van der Waals surface area contributed by atoms with Crippen LogP contribution in [0.5, 0.6) is 5.75 Å². The molecule has 0 N–H and O–H groups in total. The lowest BCUT2D eigenvalue weighted by atomic mass is 10.3. The number of carbonyl (C=O) groups is 2. The van der Waals surface area contributed by atoms with Crippen molar-refractivity contribution in [1.82, 2.24) is 9.47 Å². The number of thioether (sulfide) groups is 1. The monoisotopic (exact) mass is 502 g/mol. The quantitative estimate of drug-likeness (QED) is 0.485. The number of ether oxygens (including phenoxy) is 1. The molecule has 1 saturated heterocycles. The number of aryl methyl sites for hydroxylation is 1. The molecule has 0 radical (unpaired) electrons. The summed E-state index contributed by atoms with van der Waals surface area (Å²) in [6, 6.07) is 6.02. The molecular formula is C23H24N3O4S3+. The van der Waals surface area contributed by atoms with Gasteiger partial charge >= 0.3 is 0 Å². The first kappa shape index (κ1) is 23.5. The van der Waals surface area contributed by atoms with Gasteiger partial charge in [-0.05, 0) is 44.7 Å². The van der Waals surface area contributed by atoms with Crippen molar-refractivity contribution in [3.8, 4) is 5.75 Å². The number of rotatable bonds is 6. The van der Waals surface area contributed by atoms with E-state index in [0.717, 1.165) is 39.3 Å². The van der Waals surface area contributed by atoms with Crippen LogP contribution in [0.1, 0.15) is 25.8 Å². The van der Waals surface area contributed by atoms with E-state index in [-0.39, 0.29) is 16.7 Å². The number of allylic oxidation sites excluding steroid dienone is 1. The highest BCUT2D eigenvalue weighted by atomic mass is 32.2. The predicted molar refractivity (Wildman–Crippen MR) is 135 cm³/mol. The lowest BCUT2D eigenvalue weighted by Crippen LogP contribution is -2.33. The normalized spacial score (nSPS) is 16.7. The molecular weight excluding hydrogens is 478 g/mol. The topological polar surface area (TPSA) is 72.5 Å². The van der Waals surface area contributed by atoms with Crippen LogP contribution in [0.25, 0.3) is 27.3 Å². The number of methoxy groups -OCH3 is 1. The van der Waals surface area contributed by atoms with Gasteiger partial charge in [0.25, 0.3) is 21.7 Å². The molecule has 10 heteroatoms. The van der Waals surface area contributed by atoms with Gasteiger partial charge in [0.15, 0.2) is 0 Å². The number of fused-ring (bicyclic) bond motifs is 1. The molecule has 0 bridgehead atoms. The lowest BCUT2D eigenvalue weighted by Gasteiger charge is -2.06. The molecule has 0 atom stereocenters. The van der Waals surface area contributed by atoms with E-state index >= 15 is 0 Å². The number of imide groups is 1. The van der Waals surface area contributed by atoms with Gasteiger partial charge in [0.05, 0.1) is 11.6 Å². The van der Waals surface area contributed by atoms with E-state index < -0.39 is 0 Å². The number of amides is 2. The van der Waals surface area contributed by atoms with Crippen molar-refractivity contribution in [1.29, 1.82) is 0 Å². The van der Waals surface area contributed by atoms with E-state index in [9.17, 15) is 14.4 Å². The van der Waals surface area contributed by atoms with Gasteiger partial charge in [0.1, 0.15) is 26.6 Å². The van der Waals surface area contributed by atoms with Crippen molar-refractivity contribution in [2.75, 3.05) is 13.7 Å². The Kier molecular flexibility index (Phi) is 6.87. The first-order chi connectivity index (χ1) is 15.9. The molecule has 2 aromatic heterocycles. The minimum absolute atomic E-state index is 0.158. The molecule has 3 aromatic rings. The van der Waals surface area contributed by atoms with Gasteiger partial charge in [-0.2, -0.15) is 4.57 Å². The van der Waals surface area contributed by atoms with E-state index in [1.165, 1.54) is 16.2 Å². The smallest absolute Gasteiger partial charge is 0.293 e. The number of hydrogen-bond donors (Lipinski definition) is 0. The van der Waals surface area contributed by atoms with Crippen LogP contribution in [0.4, 0.5) is 4.79 Å². The molecule has 4 rings (SSSR count). The lowest BCUT2D eigenvalue weighted by molar-refractivity contribution is -0.665. The van der Waals surface area contributed by atoms with Crippen molar-refractivity contribution < 1.29 is 18.9 Å². The second kappa shape index (κ2) is 9.66. The molecule has 0 spiro atoms.